The largest absolute Gasteiger partial charge is 0.309 e. The fraction of sp³-hybridized carbons (Fsp3) is 0.500. The lowest BCUT2D eigenvalue weighted by molar-refractivity contribution is 0.478. The zero-order valence-electron chi connectivity index (χ0n) is 9.83. The van der Waals surface area contributed by atoms with Crippen molar-refractivity contribution < 1.29 is 0 Å². The van der Waals surface area contributed by atoms with Gasteiger partial charge in [-0.25, -0.2) is 0 Å². The first-order valence-corrected chi connectivity index (χ1v) is 8.85. The molecule has 0 heterocycles. The van der Waals surface area contributed by atoms with Gasteiger partial charge in [-0.1, -0.05) is 51.1 Å². The Hall–Kier alpha value is -0.313. The Balaban J connectivity index is 3.04. The summed E-state index contributed by atoms with van der Waals surface area (Å²) in [6.07, 6.45) is 0. The molecule has 1 aromatic carbocycles. The van der Waals surface area contributed by atoms with Crippen LogP contribution in [-0.2, 0) is 0 Å². The average molecular weight is 242 g/mol. The summed E-state index contributed by atoms with van der Waals surface area (Å²) in [6, 6.07) is 11.6. The molecular weight excluding hydrogens is 222 g/mol. The van der Waals surface area contributed by atoms with E-state index in [0.717, 1.165) is 19.1 Å². The molecule has 1 aromatic rings. The van der Waals surface area contributed by atoms with Crippen LogP contribution in [0.25, 0.3) is 0 Å². The maximum atomic E-state index is 6.88. The van der Waals surface area contributed by atoms with Crippen LogP contribution in [0.2, 0.25) is 6.04 Å². The number of hydrogen-bond donors (Lipinski definition) is 0. The van der Waals surface area contributed by atoms with E-state index in [9.17, 15) is 0 Å². The average Bonchev–Trinajstić information content (AvgIpc) is 2.31. The zero-order chi connectivity index (χ0) is 11.3. The SMILES string of the molecule is CCN(CC)[Si](Cl)(CC)c1ccccc1. The molecule has 0 aliphatic carbocycles. The molecule has 0 aliphatic heterocycles. The molecule has 1 nitrogen and oxygen atoms in total. The number of nitrogens with zero attached hydrogens (tertiary/aromatic N) is 1. The van der Waals surface area contributed by atoms with E-state index in [-0.39, 0.29) is 0 Å². The maximum absolute atomic E-state index is 6.88. The van der Waals surface area contributed by atoms with Gasteiger partial charge in [0.25, 0.3) is 7.55 Å². The Morgan fingerprint density at radius 1 is 1.07 bits per heavy atom. The van der Waals surface area contributed by atoms with E-state index in [2.05, 4.69) is 49.6 Å². The molecule has 0 aliphatic rings. The third-order valence-electron chi connectivity index (χ3n) is 2.95. The smallest absolute Gasteiger partial charge is 0.260 e. The molecule has 1 rings (SSSR count). The van der Waals surface area contributed by atoms with Gasteiger partial charge in [0.1, 0.15) is 0 Å². The minimum absolute atomic E-state index is 1.04. The highest BCUT2D eigenvalue weighted by Gasteiger charge is 2.36. The van der Waals surface area contributed by atoms with E-state index in [1.807, 2.05) is 6.07 Å². The predicted molar refractivity (Wildman–Crippen MR) is 71.1 cm³/mol. The van der Waals surface area contributed by atoms with Crippen LogP contribution in [0.4, 0.5) is 0 Å². The van der Waals surface area contributed by atoms with E-state index in [4.69, 9.17) is 11.1 Å². The first-order valence-electron chi connectivity index (χ1n) is 5.68. The predicted octanol–water partition coefficient (Wildman–Crippen LogP) is 2.94. The molecular formula is C12H20ClNSi. The molecule has 0 amide bonds. The fourth-order valence-corrected chi connectivity index (χ4v) is 6.05. The summed E-state index contributed by atoms with van der Waals surface area (Å²) in [5, 5.41) is 1.33. The van der Waals surface area contributed by atoms with Gasteiger partial charge in [0.15, 0.2) is 0 Å². The van der Waals surface area contributed by atoms with E-state index < -0.39 is 7.55 Å². The Kier molecular flexibility index (Phi) is 4.83. The number of rotatable bonds is 5. The highest BCUT2D eigenvalue weighted by Crippen LogP contribution is 2.19. The van der Waals surface area contributed by atoms with Gasteiger partial charge in [0.05, 0.1) is 0 Å². The molecule has 0 aromatic heterocycles. The molecule has 0 spiro atoms. The zero-order valence-corrected chi connectivity index (χ0v) is 11.6. The van der Waals surface area contributed by atoms with E-state index in [0.29, 0.717) is 0 Å². The molecule has 0 radical (unpaired) electrons. The van der Waals surface area contributed by atoms with E-state index in [1.165, 1.54) is 5.19 Å². The highest BCUT2D eigenvalue weighted by molar-refractivity contribution is 7.25. The van der Waals surface area contributed by atoms with Crippen LogP contribution in [0.15, 0.2) is 30.3 Å². The third-order valence-corrected chi connectivity index (χ3v) is 8.91. The van der Waals surface area contributed by atoms with Gasteiger partial charge in [-0.15, -0.1) is 11.1 Å². The standard InChI is InChI=1S/C12H20ClNSi/c1-4-14(5-2)15(13,6-3)12-10-8-7-9-11-12/h7-11H,4-6H2,1-3H3. The first-order chi connectivity index (χ1) is 7.19. The Morgan fingerprint density at radius 2 is 1.60 bits per heavy atom. The van der Waals surface area contributed by atoms with Crippen LogP contribution in [0.3, 0.4) is 0 Å². The lowest BCUT2D eigenvalue weighted by Gasteiger charge is -2.35. The van der Waals surface area contributed by atoms with Crippen molar-refractivity contribution in [2.75, 3.05) is 13.1 Å². The van der Waals surface area contributed by atoms with Crippen LogP contribution in [0, 0.1) is 0 Å². The van der Waals surface area contributed by atoms with Crippen LogP contribution in [-0.4, -0.2) is 25.2 Å². The van der Waals surface area contributed by atoms with Gasteiger partial charge in [-0.05, 0) is 24.3 Å². The molecule has 1 atom stereocenters. The Bertz CT molecular complexity index is 287. The summed E-state index contributed by atoms with van der Waals surface area (Å²) >= 11 is 6.88. The second-order valence-electron chi connectivity index (χ2n) is 3.65. The lowest BCUT2D eigenvalue weighted by atomic mass is 10.4. The second-order valence-corrected chi connectivity index (χ2v) is 8.96. The Morgan fingerprint density at radius 3 is 2.00 bits per heavy atom. The second kappa shape index (κ2) is 5.68. The Labute approximate surface area is 98.9 Å². The minimum atomic E-state index is -1.92. The summed E-state index contributed by atoms with van der Waals surface area (Å²) in [6.45, 7) is 8.65. The quantitative estimate of drug-likeness (QED) is 0.566. The van der Waals surface area contributed by atoms with Gasteiger partial charge in [0, 0.05) is 0 Å². The molecule has 0 fully saturated rings. The summed E-state index contributed by atoms with van der Waals surface area (Å²) in [5.41, 5.74) is 0. The first kappa shape index (κ1) is 12.8. The van der Waals surface area contributed by atoms with Crippen molar-refractivity contribution in [3.05, 3.63) is 30.3 Å². The number of benzene rings is 1. The van der Waals surface area contributed by atoms with Crippen LogP contribution in [0.5, 0.6) is 0 Å². The van der Waals surface area contributed by atoms with Crippen LogP contribution < -0.4 is 5.19 Å². The van der Waals surface area contributed by atoms with Gasteiger partial charge >= 0.3 is 0 Å². The molecule has 15 heavy (non-hydrogen) atoms. The summed E-state index contributed by atoms with van der Waals surface area (Å²) in [4.78, 5) is 0. The topological polar surface area (TPSA) is 3.24 Å². The van der Waals surface area contributed by atoms with Crippen molar-refractivity contribution in [2.24, 2.45) is 0 Å². The molecule has 0 saturated heterocycles. The molecule has 0 saturated carbocycles. The maximum Gasteiger partial charge on any atom is 0.260 e. The normalized spacial score (nSPS) is 15.3. The fourth-order valence-electron chi connectivity index (χ4n) is 2.03. The summed E-state index contributed by atoms with van der Waals surface area (Å²) in [7, 11) is -1.92. The third kappa shape index (κ3) is 2.62. The van der Waals surface area contributed by atoms with Crippen molar-refractivity contribution >= 4 is 23.8 Å². The van der Waals surface area contributed by atoms with Crippen molar-refractivity contribution in [3.63, 3.8) is 0 Å². The number of halogens is 1. The molecule has 3 heteroatoms. The van der Waals surface area contributed by atoms with Crippen LogP contribution >= 0.6 is 11.1 Å². The van der Waals surface area contributed by atoms with Gasteiger partial charge in [0.2, 0.25) is 0 Å². The lowest BCUT2D eigenvalue weighted by Crippen LogP contribution is -2.57. The van der Waals surface area contributed by atoms with Crippen molar-refractivity contribution in [3.8, 4) is 0 Å². The van der Waals surface area contributed by atoms with Crippen LogP contribution in [0.1, 0.15) is 20.8 Å². The summed E-state index contributed by atoms with van der Waals surface area (Å²) in [5.74, 6) is 0. The monoisotopic (exact) mass is 241 g/mol. The van der Waals surface area contributed by atoms with Gasteiger partial charge in [-0.3, -0.25) is 0 Å². The van der Waals surface area contributed by atoms with E-state index >= 15 is 0 Å². The van der Waals surface area contributed by atoms with E-state index in [1.54, 1.807) is 0 Å². The highest BCUT2D eigenvalue weighted by atomic mass is 35.6. The number of hydrogen-bond acceptors (Lipinski definition) is 1. The van der Waals surface area contributed by atoms with Crippen molar-refractivity contribution in [1.82, 2.24) is 4.57 Å². The molecule has 0 N–H and O–H groups in total. The molecule has 1 unspecified atom stereocenters. The van der Waals surface area contributed by atoms with Gasteiger partial charge in [-0.2, -0.15) is 0 Å². The molecule has 0 bridgehead atoms. The van der Waals surface area contributed by atoms with Crippen molar-refractivity contribution in [2.45, 2.75) is 26.8 Å². The summed E-state index contributed by atoms with van der Waals surface area (Å²) < 4.78 is 2.43. The van der Waals surface area contributed by atoms with Gasteiger partial charge < -0.3 is 4.57 Å². The van der Waals surface area contributed by atoms with Crippen molar-refractivity contribution in [1.29, 1.82) is 0 Å². The minimum Gasteiger partial charge on any atom is -0.309 e. The molecule has 84 valence electrons.